The molecule has 572 valence electrons. The van der Waals surface area contributed by atoms with Gasteiger partial charge in [0.25, 0.3) is 0 Å². The third-order valence-corrected chi connectivity index (χ3v) is 35.8. The van der Waals surface area contributed by atoms with E-state index in [1.54, 1.807) is 48.5 Å². The number of hydrogen-bond donors (Lipinski definition) is 6. The zero-order valence-corrected chi connectivity index (χ0v) is 71.1. The van der Waals surface area contributed by atoms with Crippen molar-refractivity contribution in [2.75, 3.05) is 0 Å². The monoisotopic (exact) mass is 1620 g/mol. The van der Waals surface area contributed by atoms with Crippen molar-refractivity contribution in [2.24, 2.45) is 0 Å². The SMILES string of the molecule is Cc1cc(O)c(-c2ccc(O[Si](C)(C)C(C)(C)C)cc2CO)cc1Cl.Cc1cc2c(cc1Cl)-c1ccc(O[Si](C)(C)C(C)(C)C)cc1CO2.Cc1cc2oc(=O)c3cc(O[Si](C)(C)C(C)(C)C)ccc3c2cc1Cl.O=c1oc2cc(O)c(Cl)cc2c2ccc(O)cc12.Oc1ccc2c(c1)COc1cc(O)c(Cl)cc1-2. The Morgan fingerprint density at radius 2 is 0.752 bits per heavy atom. The van der Waals surface area contributed by atoms with E-state index < -0.39 is 30.6 Å². The molecule has 0 radical (unpaired) electrons. The van der Waals surface area contributed by atoms with E-state index in [4.69, 9.17) is 89.6 Å². The van der Waals surface area contributed by atoms with Crippen LogP contribution in [0.2, 0.25) is 79.5 Å². The summed E-state index contributed by atoms with van der Waals surface area (Å²) >= 11 is 30.5. The van der Waals surface area contributed by atoms with Gasteiger partial charge in [0.05, 0.1) is 27.4 Å². The molecule has 4 heterocycles. The molecule has 0 saturated carbocycles. The number of fused-ring (bicyclic) bond motifs is 12. The highest BCUT2D eigenvalue weighted by Crippen LogP contribution is 2.48. The first-order chi connectivity index (χ1) is 50.7. The zero-order chi connectivity index (χ0) is 80.1. The standard InChI is InChI=1S/C20H23ClO3Si.C20H27ClO3Si.C20H25ClO2Si.C13H7ClO4.C13H9ClO3/c1-12-9-18-15(11-17(12)21)14-8-7-13(10-16(14)19(22)23-18)24-25(5,6)20(2,3)4;1-13-9-19(23)17(11-18(13)21)16-8-7-15(10-14(16)12-22)24-25(5,6)20(2,3)4;1-13-9-19-17(11-18(13)21)16-8-7-15(10-14(16)12-22-19)23-24(5,6)20(2,3)4;14-10-4-8-7-2-1-6(15)3-9(7)13(17)18-12(8)5-11(10)16;14-11-4-10-9-2-1-8(15)3-7(9)6-17-13(10)5-12(11)16/h7-11H,1-6H3;7-11,22-23H,12H2,1-6H3;7-11H,12H2,1-6H3;1-5,15-16H;1-5,15-16H,6H2. The number of aliphatic hydroxyl groups excluding tert-OH is 1. The summed E-state index contributed by atoms with van der Waals surface area (Å²) in [4.78, 5) is 24.2. The van der Waals surface area contributed by atoms with Crippen molar-refractivity contribution >= 4 is 126 Å². The maximum atomic E-state index is 12.5. The first kappa shape index (κ1) is 82.7. The van der Waals surface area contributed by atoms with Crippen molar-refractivity contribution in [3.8, 4) is 90.9 Å². The van der Waals surface area contributed by atoms with Crippen molar-refractivity contribution in [3.05, 3.63) is 231 Å². The molecule has 2 aromatic heterocycles. The van der Waals surface area contributed by atoms with Crippen LogP contribution in [0.25, 0.3) is 76.9 Å². The van der Waals surface area contributed by atoms with Gasteiger partial charge in [-0.1, -0.05) is 139 Å². The molecule has 2 aliphatic rings. The van der Waals surface area contributed by atoms with Crippen LogP contribution in [-0.4, -0.2) is 55.6 Å². The molecule has 23 heteroatoms. The first-order valence-corrected chi connectivity index (χ1v) is 46.0. The van der Waals surface area contributed by atoms with Gasteiger partial charge in [-0.15, -0.1) is 0 Å². The number of ether oxygens (including phenoxy) is 2. The second-order valence-corrected chi connectivity index (χ2v) is 48.1. The fraction of sp³-hybridized carbons (Fsp3) is 0.279. The molecule has 0 unspecified atom stereocenters. The van der Waals surface area contributed by atoms with Gasteiger partial charge < -0.3 is 62.2 Å². The van der Waals surface area contributed by atoms with E-state index in [0.717, 1.165) is 83.1 Å². The Bertz CT molecular complexity index is 5640. The quantitative estimate of drug-likeness (QED) is 0.0472. The second-order valence-electron chi connectivity index (χ2n) is 31.9. The third-order valence-electron chi connectivity index (χ3n) is 20.9. The molecule has 0 bridgehead atoms. The minimum Gasteiger partial charge on any atom is -0.543 e. The van der Waals surface area contributed by atoms with Crippen LogP contribution in [-0.2, 0) is 19.8 Å². The minimum atomic E-state index is -1.97. The van der Waals surface area contributed by atoms with E-state index in [2.05, 4.69) is 120 Å². The van der Waals surface area contributed by atoms with Crippen LogP contribution in [0.3, 0.4) is 0 Å². The van der Waals surface area contributed by atoms with E-state index in [-0.39, 0.29) is 77.1 Å². The predicted octanol–water partition coefficient (Wildman–Crippen LogP) is 25.1. The smallest absolute Gasteiger partial charge is 0.344 e. The molecule has 15 nitrogen and oxygen atoms in total. The Balaban J connectivity index is 0.000000146. The van der Waals surface area contributed by atoms with Gasteiger partial charge in [-0.25, -0.2) is 9.59 Å². The Morgan fingerprint density at radius 1 is 0.367 bits per heavy atom. The Hall–Kier alpha value is -8.80. The average Bonchev–Trinajstić information content (AvgIpc) is 0.795. The summed E-state index contributed by atoms with van der Waals surface area (Å²) in [7, 11) is -5.77. The van der Waals surface area contributed by atoms with Crippen LogP contribution >= 0.6 is 58.0 Å². The fourth-order valence-corrected chi connectivity index (χ4v) is 15.3. The molecule has 0 spiro atoms. The van der Waals surface area contributed by atoms with E-state index in [0.29, 0.717) is 67.6 Å². The number of phenolic OH excluding ortho intramolecular Hbond substituents is 5. The number of aromatic hydroxyl groups is 5. The van der Waals surface area contributed by atoms with Crippen LogP contribution in [0.1, 0.15) is 95.7 Å². The molecule has 109 heavy (non-hydrogen) atoms. The molecule has 0 saturated heterocycles. The lowest BCUT2D eigenvalue weighted by atomic mass is 9.96. The molecule has 12 aromatic rings. The molecule has 10 aromatic carbocycles. The highest BCUT2D eigenvalue weighted by Gasteiger charge is 2.41. The lowest BCUT2D eigenvalue weighted by molar-refractivity contribution is 0.282. The van der Waals surface area contributed by atoms with Crippen molar-refractivity contribution in [2.45, 2.75) is 157 Å². The topological polar surface area (TPSA) is 228 Å². The molecule has 14 rings (SSSR count). The Kier molecular flexibility index (Phi) is 24.2. The van der Waals surface area contributed by atoms with Crippen LogP contribution in [0, 0.1) is 20.8 Å². The Labute approximate surface area is 663 Å². The van der Waals surface area contributed by atoms with Gasteiger partial charge in [0, 0.05) is 76.6 Å². The number of phenols is 5. The van der Waals surface area contributed by atoms with Gasteiger partial charge >= 0.3 is 11.3 Å². The largest absolute Gasteiger partial charge is 0.543 e. The molecular weight excluding hydrogens is 1530 g/mol. The van der Waals surface area contributed by atoms with E-state index in [1.807, 2.05) is 75.4 Å². The maximum Gasteiger partial charge on any atom is 0.344 e. The highest BCUT2D eigenvalue weighted by atomic mass is 35.5. The molecule has 0 aliphatic carbocycles. The average molecular weight is 1630 g/mol. The molecule has 0 atom stereocenters. The fourth-order valence-electron chi connectivity index (χ4n) is 11.4. The molecule has 2 aliphatic heterocycles. The zero-order valence-electron chi connectivity index (χ0n) is 64.3. The lowest BCUT2D eigenvalue weighted by Gasteiger charge is -2.36. The highest BCUT2D eigenvalue weighted by molar-refractivity contribution is 6.75. The summed E-state index contributed by atoms with van der Waals surface area (Å²) in [6.07, 6.45) is 0. The van der Waals surface area contributed by atoms with Crippen LogP contribution in [0.5, 0.6) is 57.5 Å². The van der Waals surface area contributed by atoms with Crippen LogP contribution < -0.4 is 34.0 Å². The number of hydrogen-bond acceptors (Lipinski definition) is 15. The molecule has 6 N–H and O–H groups in total. The number of rotatable bonds is 8. The lowest BCUT2D eigenvalue weighted by Crippen LogP contribution is -2.43. The van der Waals surface area contributed by atoms with Crippen molar-refractivity contribution in [3.63, 3.8) is 0 Å². The summed E-state index contributed by atoms with van der Waals surface area (Å²) < 4.78 is 41.1. The van der Waals surface area contributed by atoms with Crippen molar-refractivity contribution in [1.29, 1.82) is 0 Å². The second kappa shape index (κ2) is 31.9. The number of aryl methyl sites for hydroxylation is 3. The summed E-state index contributed by atoms with van der Waals surface area (Å²) in [5, 5.41) is 64.4. The van der Waals surface area contributed by atoms with E-state index in [1.165, 1.54) is 35.9 Å². The number of benzene rings is 10. The van der Waals surface area contributed by atoms with E-state index >= 15 is 0 Å². The van der Waals surface area contributed by atoms with Gasteiger partial charge in [0.1, 0.15) is 81.9 Å². The van der Waals surface area contributed by atoms with Crippen LogP contribution in [0.4, 0.5) is 0 Å². The van der Waals surface area contributed by atoms with Crippen LogP contribution in [0.15, 0.2) is 170 Å². The minimum absolute atomic E-state index is 0.00708. The Morgan fingerprint density at radius 3 is 1.30 bits per heavy atom. The van der Waals surface area contributed by atoms with Gasteiger partial charge in [0.2, 0.25) is 25.0 Å². The molecule has 0 amide bonds. The van der Waals surface area contributed by atoms with Crippen molar-refractivity contribution < 1.29 is 62.2 Å². The molecular formula is C86H91Cl5O15Si3. The van der Waals surface area contributed by atoms with Crippen molar-refractivity contribution in [1.82, 2.24) is 0 Å². The first-order valence-electron chi connectivity index (χ1n) is 35.3. The third kappa shape index (κ3) is 18.3. The molecule has 0 fully saturated rings. The number of aliphatic hydroxyl groups is 1. The normalized spacial score (nSPS) is 12.6. The van der Waals surface area contributed by atoms with Gasteiger partial charge in [-0.2, -0.15) is 0 Å². The van der Waals surface area contributed by atoms with Gasteiger partial charge in [-0.3, -0.25) is 0 Å². The van der Waals surface area contributed by atoms with Gasteiger partial charge in [-0.05, 0) is 235 Å². The number of halogens is 5. The maximum absolute atomic E-state index is 12.5. The summed E-state index contributed by atoms with van der Waals surface area (Å²) in [5.41, 5.74) is 10.8. The summed E-state index contributed by atoms with van der Waals surface area (Å²) in [6, 6.07) is 44.1. The summed E-state index contributed by atoms with van der Waals surface area (Å²) in [5.74, 6) is 4.10. The van der Waals surface area contributed by atoms with Gasteiger partial charge in [0.15, 0.2) is 0 Å². The van der Waals surface area contributed by atoms with E-state index in [9.17, 15) is 40.2 Å². The summed E-state index contributed by atoms with van der Waals surface area (Å²) in [6.45, 7) is 39.7. The predicted molar refractivity (Wildman–Crippen MR) is 451 cm³/mol.